The van der Waals surface area contributed by atoms with E-state index in [2.05, 4.69) is 10.1 Å². The van der Waals surface area contributed by atoms with Crippen LogP contribution >= 0.6 is 0 Å². The Morgan fingerprint density at radius 2 is 1.89 bits per heavy atom. The highest BCUT2D eigenvalue weighted by atomic mass is 16.5. The molecule has 1 saturated heterocycles. The molecule has 0 bridgehead atoms. The van der Waals surface area contributed by atoms with Crippen LogP contribution in [0.25, 0.3) is 17.0 Å². The van der Waals surface area contributed by atoms with Crippen LogP contribution in [0.5, 0.6) is 0 Å². The predicted octanol–water partition coefficient (Wildman–Crippen LogP) is 3.37. The maximum atomic E-state index is 13.0. The molecule has 0 atom stereocenters. The molecule has 10 nitrogen and oxygen atoms in total. The first kappa shape index (κ1) is 23.8. The minimum Gasteiger partial charge on any atom is -0.463 e. The number of hydrogen-bond donors (Lipinski definition) is 1. The number of aromatic nitrogens is 1. The van der Waals surface area contributed by atoms with Crippen LogP contribution in [-0.4, -0.2) is 46.6 Å². The van der Waals surface area contributed by atoms with E-state index in [0.29, 0.717) is 5.56 Å². The first-order valence-corrected chi connectivity index (χ1v) is 11.0. The van der Waals surface area contributed by atoms with E-state index in [-0.39, 0.29) is 42.4 Å². The van der Waals surface area contributed by atoms with E-state index in [4.69, 9.17) is 9.15 Å². The first-order chi connectivity index (χ1) is 16.7. The van der Waals surface area contributed by atoms with Gasteiger partial charge in [0.05, 0.1) is 19.8 Å². The highest BCUT2D eigenvalue weighted by Crippen LogP contribution is 2.29. The number of hydrogen-bond acceptors (Lipinski definition) is 7. The van der Waals surface area contributed by atoms with Gasteiger partial charge in [0.25, 0.3) is 5.91 Å². The molecule has 0 saturated carbocycles. The molecule has 1 aliphatic rings. The molecule has 0 unspecified atom stereocenters. The van der Waals surface area contributed by atoms with E-state index in [0.717, 1.165) is 21.5 Å². The van der Waals surface area contributed by atoms with Gasteiger partial charge < -0.3 is 23.8 Å². The molecule has 4 rings (SSSR count). The zero-order valence-corrected chi connectivity index (χ0v) is 19.8. The van der Waals surface area contributed by atoms with Crippen LogP contribution in [0.15, 0.2) is 46.5 Å². The summed E-state index contributed by atoms with van der Waals surface area (Å²) >= 11 is 0. The van der Waals surface area contributed by atoms with Gasteiger partial charge >= 0.3 is 18.0 Å². The van der Waals surface area contributed by atoms with Crippen molar-refractivity contribution in [1.29, 1.82) is 0 Å². The van der Waals surface area contributed by atoms with Gasteiger partial charge in [-0.1, -0.05) is 18.2 Å². The molecule has 35 heavy (non-hydrogen) atoms. The molecular weight excluding hydrogens is 454 g/mol. The Hall–Kier alpha value is -4.34. The Balaban J connectivity index is 1.63. The monoisotopic (exact) mass is 479 g/mol. The number of fused-ring (bicyclic) bond motifs is 1. The standard InChI is InChI=1S/C25H25N3O7/c1-14(2)34-22(29)13-27-15(3)18(17-7-5-6-8-20(17)27)11-19-23(30)28(25(32)26-19)12-16-9-10-21(35-16)24(31)33-4/h5-11,14H,12-13H2,1-4H3,(H,26,32)/b19-11-. The van der Waals surface area contributed by atoms with Crippen molar-refractivity contribution in [3.63, 3.8) is 0 Å². The second kappa shape index (κ2) is 9.49. The van der Waals surface area contributed by atoms with Crippen LogP contribution in [0, 0.1) is 6.92 Å². The van der Waals surface area contributed by atoms with Gasteiger partial charge in [-0.15, -0.1) is 0 Å². The summed E-state index contributed by atoms with van der Waals surface area (Å²) in [5.74, 6) is -1.33. The van der Waals surface area contributed by atoms with E-state index in [9.17, 15) is 19.2 Å². The van der Waals surface area contributed by atoms with E-state index >= 15 is 0 Å². The molecule has 3 amide bonds. The number of carbonyl (C=O) groups is 4. The van der Waals surface area contributed by atoms with Crippen molar-refractivity contribution in [3.05, 3.63) is 64.9 Å². The van der Waals surface area contributed by atoms with Gasteiger partial charge in [0, 0.05) is 22.2 Å². The molecule has 0 radical (unpaired) electrons. The quantitative estimate of drug-likeness (QED) is 0.313. The van der Waals surface area contributed by atoms with Crippen LogP contribution in [-0.2, 0) is 32.2 Å². The summed E-state index contributed by atoms with van der Waals surface area (Å²) in [4.78, 5) is 50.5. The number of para-hydroxylation sites is 1. The lowest BCUT2D eigenvalue weighted by atomic mass is 10.1. The molecular formula is C25H25N3O7. The zero-order valence-electron chi connectivity index (χ0n) is 19.8. The van der Waals surface area contributed by atoms with Crippen molar-refractivity contribution in [2.24, 2.45) is 0 Å². The van der Waals surface area contributed by atoms with Gasteiger partial charge in [-0.3, -0.25) is 14.5 Å². The number of carbonyl (C=O) groups excluding carboxylic acids is 4. The number of amides is 3. The molecule has 182 valence electrons. The maximum absolute atomic E-state index is 13.0. The summed E-state index contributed by atoms with van der Waals surface area (Å²) < 4.78 is 17.1. The second-order valence-electron chi connectivity index (χ2n) is 8.28. The van der Waals surface area contributed by atoms with Crippen molar-refractivity contribution in [3.8, 4) is 0 Å². The largest absolute Gasteiger partial charge is 0.463 e. The summed E-state index contributed by atoms with van der Waals surface area (Å²) in [5.41, 5.74) is 2.34. The van der Waals surface area contributed by atoms with E-state index in [1.165, 1.54) is 19.2 Å². The van der Waals surface area contributed by atoms with Crippen LogP contribution < -0.4 is 5.32 Å². The third-order valence-electron chi connectivity index (χ3n) is 5.55. The number of methoxy groups -OCH3 is 1. The van der Waals surface area contributed by atoms with Crippen LogP contribution in [0.1, 0.15) is 41.4 Å². The fourth-order valence-electron chi connectivity index (χ4n) is 3.96. The molecule has 1 fully saturated rings. The Morgan fingerprint density at radius 3 is 2.60 bits per heavy atom. The molecule has 1 aromatic carbocycles. The average molecular weight is 479 g/mol. The highest BCUT2D eigenvalue weighted by molar-refractivity contribution is 6.14. The Labute approximate surface area is 201 Å². The first-order valence-electron chi connectivity index (χ1n) is 11.0. The molecule has 10 heteroatoms. The minimum atomic E-state index is -0.654. The third-order valence-corrected chi connectivity index (χ3v) is 5.55. The normalized spacial score (nSPS) is 14.8. The summed E-state index contributed by atoms with van der Waals surface area (Å²) in [5, 5.41) is 3.42. The van der Waals surface area contributed by atoms with Crippen LogP contribution in [0.4, 0.5) is 4.79 Å². The van der Waals surface area contributed by atoms with Crippen molar-refractivity contribution >= 4 is 40.9 Å². The van der Waals surface area contributed by atoms with Gasteiger partial charge in [0.1, 0.15) is 18.0 Å². The lowest BCUT2D eigenvalue weighted by Crippen LogP contribution is -2.30. The molecule has 1 N–H and O–H groups in total. The Kier molecular flexibility index (Phi) is 6.46. The molecule has 2 aromatic heterocycles. The number of furan rings is 1. The summed E-state index contributed by atoms with van der Waals surface area (Å²) in [6.07, 6.45) is 1.37. The lowest BCUT2D eigenvalue weighted by molar-refractivity contribution is -0.148. The highest BCUT2D eigenvalue weighted by Gasteiger charge is 2.35. The maximum Gasteiger partial charge on any atom is 0.373 e. The minimum absolute atomic E-state index is 0.0150. The smallest absolute Gasteiger partial charge is 0.373 e. The topological polar surface area (TPSA) is 120 Å². The molecule has 0 spiro atoms. The van der Waals surface area contributed by atoms with Gasteiger partial charge in [-0.05, 0) is 45.0 Å². The predicted molar refractivity (Wildman–Crippen MR) is 125 cm³/mol. The van der Waals surface area contributed by atoms with E-state index < -0.39 is 17.9 Å². The number of nitrogens with zero attached hydrogens (tertiary/aromatic N) is 2. The Bertz CT molecular complexity index is 1360. The summed E-state index contributed by atoms with van der Waals surface area (Å²) in [6.45, 7) is 5.27. The SMILES string of the molecule is COC(=O)c1ccc(CN2C(=O)N/C(=C\c3c(C)n(CC(=O)OC(C)C)c4ccccc34)C2=O)o1. The van der Waals surface area contributed by atoms with Crippen LogP contribution in [0.2, 0.25) is 0 Å². The number of nitrogens with one attached hydrogen (secondary N) is 1. The molecule has 1 aliphatic heterocycles. The average Bonchev–Trinajstić information content (AvgIpc) is 3.47. The number of imide groups is 1. The molecule has 3 aromatic rings. The number of benzene rings is 1. The van der Waals surface area contributed by atoms with Gasteiger partial charge in [0.15, 0.2) is 0 Å². The number of ether oxygens (including phenoxy) is 2. The second-order valence-corrected chi connectivity index (χ2v) is 8.28. The number of urea groups is 1. The Morgan fingerprint density at radius 1 is 1.14 bits per heavy atom. The van der Waals surface area contributed by atoms with Crippen LogP contribution in [0.3, 0.4) is 0 Å². The third kappa shape index (κ3) is 4.68. The van der Waals surface area contributed by atoms with Gasteiger partial charge in [-0.2, -0.15) is 0 Å². The number of esters is 2. The van der Waals surface area contributed by atoms with Crippen molar-refractivity contribution in [2.45, 2.75) is 40.0 Å². The molecule has 3 heterocycles. The van der Waals surface area contributed by atoms with Gasteiger partial charge in [-0.25, -0.2) is 9.59 Å². The zero-order chi connectivity index (χ0) is 25.3. The van der Waals surface area contributed by atoms with Crippen molar-refractivity contribution < 1.29 is 33.1 Å². The fraction of sp³-hybridized carbons (Fsp3) is 0.280. The summed E-state index contributed by atoms with van der Waals surface area (Å²) in [7, 11) is 1.23. The van der Waals surface area contributed by atoms with Crippen molar-refractivity contribution in [1.82, 2.24) is 14.8 Å². The van der Waals surface area contributed by atoms with E-state index in [1.807, 2.05) is 35.8 Å². The number of rotatable bonds is 7. The van der Waals surface area contributed by atoms with E-state index in [1.54, 1.807) is 19.9 Å². The summed E-state index contributed by atoms with van der Waals surface area (Å²) in [6, 6.07) is 9.79. The van der Waals surface area contributed by atoms with Crippen molar-refractivity contribution in [2.75, 3.05) is 7.11 Å². The fourth-order valence-corrected chi connectivity index (χ4v) is 3.96. The lowest BCUT2D eigenvalue weighted by Gasteiger charge is -2.11. The molecule has 0 aliphatic carbocycles. The van der Waals surface area contributed by atoms with Gasteiger partial charge in [0.2, 0.25) is 5.76 Å².